The fourth-order valence-corrected chi connectivity index (χ4v) is 1.94. The molecule has 0 spiro atoms. The van der Waals surface area contributed by atoms with Gasteiger partial charge in [0, 0.05) is 24.7 Å². The molecular formula is C17H16O2. The summed E-state index contributed by atoms with van der Waals surface area (Å²) >= 11 is 0. The third-order valence-corrected chi connectivity index (χ3v) is 3.24. The molecule has 0 fully saturated rings. The van der Waals surface area contributed by atoms with Gasteiger partial charge in [-0.3, -0.25) is 4.79 Å². The number of carbonyl (C=O) groups is 1. The molecule has 2 nitrogen and oxygen atoms in total. The number of hydrogen-bond acceptors (Lipinski definition) is 2. The van der Waals surface area contributed by atoms with Crippen molar-refractivity contribution in [3.8, 4) is 11.8 Å². The van der Waals surface area contributed by atoms with Crippen LogP contribution in [0.2, 0.25) is 0 Å². The zero-order valence-corrected chi connectivity index (χ0v) is 11.1. The lowest BCUT2D eigenvalue weighted by Gasteiger charge is -2.27. The average molecular weight is 252 g/mol. The van der Waals surface area contributed by atoms with Crippen molar-refractivity contribution in [3.05, 3.63) is 59.7 Å². The van der Waals surface area contributed by atoms with E-state index in [1.165, 1.54) is 0 Å². The molecule has 2 rings (SSSR count). The third-order valence-electron chi connectivity index (χ3n) is 3.24. The molecule has 0 heterocycles. The van der Waals surface area contributed by atoms with Crippen LogP contribution in [0.5, 0.6) is 0 Å². The van der Waals surface area contributed by atoms with Crippen molar-refractivity contribution < 1.29 is 9.53 Å². The smallest absolute Gasteiger partial charge is 0.165 e. The van der Waals surface area contributed by atoms with Crippen LogP contribution in [0.4, 0.5) is 0 Å². The van der Waals surface area contributed by atoms with E-state index in [0.717, 1.165) is 11.1 Å². The molecule has 0 radical (unpaired) electrons. The monoisotopic (exact) mass is 252 g/mol. The standard InChI is InChI=1S/C17H16O2/c1-14(18)17(19-2)12-10-16(11-13-17)9-8-15-6-4-3-5-7-15/h3-7,10-12H,13H2,1-2H3. The number of ketones is 1. The topological polar surface area (TPSA) is 26.3 Å². The molecule has 0 saturated heterocycles. The van der Waals surface area contributed by atoms with Crippen LogP contribution in [0.15, 0.2) is 54.1 Å². The number of allylic oxidation sites excluding steroid dienone is 2. The van der Waals surface area contributed by atoms with E-state index >= 15 is 0 Å². The van der Waals surface area contributed by atoms with Crippen LogP contribution < -0.4 is 0 Å². The lowest BCUT2D eigenvalue weighted by atomic mass is 9.88. The molecule has 1 atom stereocenters. The van der Waals surface area contributed by atoms with Crippen LogP contribution in [0, 0.1) is 11.8 Å². The molecule has 1 aliphatic carbocycles. The first-order valence-electron chi connectivity index (χ1n) is 6.19. The fourth-order valence-electron chi connectivity index (χ4n) is 1.94. The molecule has 1 aromatic rings. The number of ether oxygens (including phenoxy) is 1. The van der Waals surface area contributed by atoms with E-state index in [2.05, 4.69) is 11.8 Å². The number of carbonyl (C=O) groups excluding carboxylic acids is 1. The molecule has 96 valence electrons. The van der Waals surface area contributed by atoms with Crippen molar-refractivity contribution >= 4 is 5.78 Å². The second-order valence-corrected chi connectivity index (χ2v) is 4.46. The summed E-state index contributed by atoms with van der Waals surface area (Å²) in [5.74, 6) is 6.20. The van der Waals surface area contributed by atoms with Gasteiger partial charge in [-0.25, -0.2) is 0 Å². The predicted molar refractivity (Wildman–Crippen MR) is 75.6 cm³/mol. The summed E-state index contributed by atoms with van der Waals surface area (Å²) in [5, 5.41) is 0. The van der Waals surface area contributed by atoms with Crippen molar-refractivity contribution in [2.75, 3.05) is 7.11 Å². The summed E-state index contributed by atoms with van der Waals surface area (Å²) in [6.07, 6.45) is 6.13. The Morgan fingerprint density at radius 3 is 2.53 bits per heavy atom. The second-order valence-electron chi connectivity index (χ2n) is 4.46. The highest BCUT2D eigenvalue weighted by Crippen LogP contribution is 2.25. The number of methoxy groups -OCH3 is 1. The van der Waals surface area contributed by atoms with Crippen molar-refractivity contribution in [1.82, 2.24) is 0 Å². The summed E-state index contributed by atoms with van der Waals surface area (Å²) in [7, 11) is 1.56. The molecule has 0 aromatic heterocycles. The van der Waals surface area contributed by atoms with Gasteiger partial charge >= 0.3 is 0 Å². The highest BCUT2D eigenvalue weighted by atomic mass is 16.5. The van der Waals surface area contributed by atoms with E-state index in [0.29, 0.717) is 6.42 Å². The summed E-state index contributed by atoms with van der Waals surface area (Å²) in [6, 6.07) is 9.82. The minimum atomic E-state index is -0.808. The second kappa shape index (κ2) is 5.69. The van der Waals surface area contributed by atoms with Gasteiger partial charge in [0.05, 0.1) is 0 Å². The van der Waals surface area contributed by atoms with Crippen molar-refractivity contribution in [2.45, 2.75) is 18.9 Å². The van der Waals surface area contributed by atoms with Crippen LogP contribution in [-0.2, 0) is 9.53 Å². The van der Waals surface area contributed by atoms with E-state index in [1.54, 1.807) is 20.1 Å². The zero-order valence-electron chi connectivity index (χ0n) is 11.1. The Morgan fingerprint density at radius 2 is 2.00 bits per heavy atom. The lowest BCUT2D eigenvalue weighted by molar-refractivity contribution is -0.133. The predicted octanol–water partition coefficient (Wildman–Crippen LogP) is 2.90. The molecule has 0 saturated carbocycles. The van der Waals surface area contributed by atoms with Crippen LogP contribution in [0.3, 0.4) is 0 Å². The minimum Gasteiger partial charge on any atom is -0.366 e. The Bertz CT molecular complexity index is 585. The number of benzene rings is 1. The zero-order chi connectivity index (χ0) is 13.7. The van der Waals surface area contributed by atoms with Gasteiger partial charge in [0.1, 0.15) is 5.60 Å². The molecule has 0 N–H and O–H groups in total. The first-order valence-corrected chi connectivity index (χ1v) is 6.19. The first kappa shape index (κ1) is 13.3. The van der Waals surface area contributed by atoms with Gasteiger partial charge in [-0.15, -0.1) is 0 Å². The first-order chi connectivity index (χ1) is 9.16. The van der Waals surface area contributed by atoms with Crippen molar-refractivity contribution in [3.63, 3.8) is 0 Å². The Morgan fingerprint density at radius 1 is 1.26 bits per heavy atom. The average Bonchev–Trinajstić information content (AvgIpc) is 2.46. The number of rotatable bonds is 2. The number of hydrogen-bond donors (Lipinski definition) is 0. The van der Waals surface area contributed by atoms with Crippen LogP contribution in [0.1, 0.15) is 18.9 Å². The van der Waals surface area contributed by atoms with Gasteiger partial charge in [0.15, 0.2) is 5.78 Å². The SMILES string of the molecule is COC1(C(C)=O)C=CC(C#Cc2ccccc2)=CC1. The van der Waals surface area contributed by atoms with Crippen molar-refractivity contribution in [1.29, 1.82) is 0 Å². The molecule has 0 amide bonds. The molecular weight excluding hydrogens is 236 g/mol. The molecule has 0 bridgehead atoms. The Kier molecular flexibility index (Phi) is 3.99. The van der Waals surface area contributed by atoms with Gasteiger partial charge in [0.2, 0.25) is 0 Å². The van der Waals surface area contributed by atoms with E-state index in [9.17, 15) is 4.79 Å². The number of Topliss-reactive ketones (excluding diaryl/α,β-unsaturated/α-hetero) is 1. The summed E-state index contributed by atoms with van der Waals surface area (Å²) in [6.45, 7) is 1.54. The molecule has 19 heavy (non-hydrogen) atoms. The van der Waals surface area contributed by atoms with Gasteiger partial charge in [0.25, 0.3) is 0 Å². The maximum Gasteiger partial charge on any atom is 0.165 e. The molecule has 0 aliphatic heterocycles. The van der Waals surface area contributed by atoms with Crippen molar-refractivity contribution in [2.24, 2.45) is 0 Å². The maximum atomic E-state index is 11.6. The van der Waals surface area contributed by atoms with Gasteiger partial charge in [-0.2, -0.15) is 0 Å². The highest BCUT2D eigenvalue weighted by molar-refractivity contribution is 5.88. The lowest BCUT2D eigenvalue weighted by Crippen LogP contribution is -2.37. The van der Waals surface area contributed by atoms with E-state index < -0.39 is 5.60 Å². The molecule has 2 heteroatoms. The molecule has 1 unspecified atom stereocenters. The molecule has 1 aliphatic rings. The summed E-state index contributed by atoms with van der Waals surface area (Å²) in [4.78, 5) is 11.6. The maximum absolute atomic E-state index is 11.6. The largest absolute Gasteiger partial charge is 0.366 e. The van der Waals surface area contributed by atoms with Crippen LogP contribution >= 0.6 is 0 Å². The molecule has 1 aromatic carbocycles. The fraction of sp³-hybridized carbons (Fsp3) is 0.235. The van der Waals surface area contributed by atoms with Crippen LogP contribution in [0.25, 0.3) is 0 Å². The third kappa shape index (κ3) is 3.01. The van der Waals surface area contributed by atoms with E-state index in [4.69, 9.17) is 4.74 Å². The summed E-state index contributed by atoms with van der Waals surface area (Å²) < 4.78 is 5.32. The summed E-state index contributed by atoms with van der Waals surface area (Å²) in [5.41, 5.74) is 1.09. The normalized spacial score (nSPS) is 21.3. The highest BCUT2D eigenvalue weighted by Gasteiger charge is 2.32. The Hall–Kier alpha value is -2.11. The van der Waals surface area contributed by atoms with Crippen LogP contribution in [-0.4, -0.2) is 18.5 Å². The Balaban J connectivity index is 2.14. The van der Waals surface area contributed by atoms with E-state index in [1.807, 2.05) is 42.5 Å². The van der Waals surface area contributed by atoms with Gasteiger partial charge in [-0.1, -0.05) is 36.1 Å². The quantitative estimate of drug-likeness (QED) is 0.756. The Labute approximate surface area is 113 Å². The minimum absolute atomic E-state index is 0.0116. The van der Waals surface area contributed by atoms with Gasteiger partial charge < -0.3 is 4.74 Å². The van der Waals surface area contributed by atoms with Gasteiger partial charge in [-0.05, 0) is 31.2 Å². The van der Waals surface area contributed by atoms with E-state index in [-0.39, 0.29) is 5.78 Å².